The number of thioether (sulfide) groups is 1. The quantitative estimate of drug-likeness (QED) is 0.614. The number of hydrogen-bond donors (Lipinski definition) is 1. The highest BCUT2D eigenvalue weighted by molar-refractivity contribution is 7.99. The second-order valence-electron chi connectivity index (χ2n) is 6.00. The number of nitrogens with zero attached hydrogens (tertiary/aromatic N) is 3. The predicted molar refractivity (Wildman–Crippen MR) is 109 cm³/mol. The third-order valence-electron chi connectivity index (χ3n) is 3.63. The average Bonchev–Trinajstić information content (AvgIpc) is 3.15. The normalized spacial score (nSPS) is 10.5. The highest BCUT2D eigenvalue weighted by atomic mass is 35.5. The first-order chi connectivity index (χ1) is 13.4. The molecule has 144 valence electrons. The van der Waals surface area contributed by atoms with Gasteiger partial charge in [0.05, 0.1) is 5.75 Å². The van der Waals surface area contributed by atoms with Crippen molar-refractivity contribution in [2.24, 2.45) is 0 Å². The zero-order chi connectivity index (χ0) is 20.1. The molecule has 0 saturated carbocycles. The topological polar surface area (TPSA) is 88.3 Å². The highest BCUT2D eigenvalue weighted by Gasteiger charge is 2.12. The molecule has 0 saturated heterocycles. The van der Waals surface area contributed by atoms with Crippen molar-refractivity contribution < 1.29 is 14.0 Å². The molecule has 28 heavy (non-hydrogen) atoms. The van der Waals surface area contributed by atoms with Crippen LogP contribution < -0.4 is 5.32 Å². The second-order valence-corrected chi connectivity index (χ2v) is 7.36. The standard InChI is InChI=1S/C19H17ClN4O3S/c1-24(2)18(26)12-6-8-15(9-7-12)21-16(25)11-28-19-23-22-17(27-19)13-4-3-5-14(20)10-13/h3-10H,11H2,1-2H3,(H,21,25). The Morgan fingerprint density at radius 2 is 1.89 bits per heavy atom. The molecule has 1 heterocycles. The fourth-order valence-electron chi connectivity index (χ4n) is 2.28. The summed E-state index contributed by atoms with van der Waals surface area (Å²) in [6.07, 6.45) is 0. The molecular formula is C19H17ClN4O3S. The van der Waals surface area contributed by atoms with E-state index in [1.165, 1.54) is 4.90 Å². The summed E-state index contributed by atoms with van der Waals surface area (Å²) >= 11 is 7.09. The molecule has 9 heteroatoms. The Balaban J connectivity index is 1.54. The summed E-state index contributed by atoms with van der Waals surface area (Å²) in [4.78, 5) is 25.5. The lowest BCUT2D eigenvalue weighted by Gasteiger charge is -2.10. The summed E-state index contributed by atoms with van der Waals surface area (Å²) in [5, 5.41) is 11.5. The molecule has 0 aliphatic rings. The molecule has 2 amide bonds. The molecule has 7 nitrogen and oxygen atoms in total. The van der Waals surface area contributed by atoms with Crippen molar-refractivity contribution in [2.45, 2.75) is 5.22 Å². The monoisotopic (exact) mass is 416 g/mol. The van der Waals surface area contributed by atoms with Gasteiger partial charge in [-0.1, -0.05) is 29.4 Å². The van der Waals surface area contributed by atoms with E-state index in [0.29, 0.717) is 27.7 Å². The molecule has 3 aromatic rings. The number of rotatable bonds is 6. The molecule has 0 fully saturated rings. The lowest BCUT2D eigenvalue weighted by Crippen LogP contribution is -2.21. The van der Waals surface area contributed by atoms with E-state index in [2.05, 4.69) is 15.5 Å². The molecule has 1 N–H and O–H groups in total. The van der Waals surface area contributed by atoms with Crippen molar-refractivity contribution >= 4 is 40.9 Å². The maximum atomic E-state index is 12.1. The van der Waals surface area contributed by atoms with Gasteiger partial charge in [-0.25, -0.2) is 0 Å². The first-order valence-electron chi connectivity index (χ1n) is 8.26. The van der Waals surface area contributed by atoms with Crippen LogP contribution in [-0.4, -0.2) is 46.8 Å². The smallest absolute Gasteiger partial charge is 0.277 e. The minimum Gasteiger partial charge on any atom is -0.411 e. The van der Waals surface area contributed by atoms with Crippen LogP contribution in [-0.2, 0) is 4.79 Å². The number of benzene rings is 2. The van der Waals surface area contributed by atoms with E-state index < -0.39 is 0 Å². The highest BCUT2D eigenvalue weighted by Crippen LogP contribution is 2.25. The number of carbonyl (C=O) groups excluding carboxylic acids is 2. The van der Waals surface area contributed by atoms with Gasteiger partial charge < -0.3 is 14.6 Å². The van der Waals surface area contributed by atoms with E-state index in [1.54, 1.807) is 56.6 Å². The summed E-state index contributed by atoms with van der Waals surface area (Å²) in [7, 11) is 3.37. The zero-order valence-electron chi connectivity index (χ0n) is 15.2. The predicted octanol–water partition coefficient (Wildman–Crippen LogP) is 3.82. The van der Waals surface area contributed by atoms with Gasteiger partial charge in [-0.2, -0.15) is 0 Å². The van der Waals surface area contributed by atoms with E-state index in [-0.39, 0.29) is 22.8 Å². The van der Waals surface area contributed by atoms with Crippen LogP contribution in [0, 0.1) is 0 Å². The number of halogens is 1. The number of anilines is 1. The van der Waals surface area contributed by atoms with Crippen LogP contribution in [0.4, 0.5) is 5.69 Å². The number of nitrogens with one attached hydrogen (secondary N) is 1. The second kappa shape index (κ2) is 8.90. The Morgan fingerprint density at radius 3 is 2.57 bits per heavy atom. The maximum Gasteiger partial charge on any atom is 0.277 e. The van der Waals surface area contributed by atoms with Crippen LogP contribution in [0.3, 0.4) is 0 Å². The first-order valence-corrected chi connectivity index (χ1v) is 9.62. The molecule has 3 rings (SSSR count). The van der Waals surface area contributed by atoms with Crippen molar-refractivity contribution in [1.29, 1.82) is 0 Å². The number of amides is 2. The van der Waals surface area contributed by atoms with Crippen LogP contribution in [0.25, 0.3) is 11.5 Å². The molecule has 0 aliphatic carbocycles. The third kappa shape index (κ3) is 5.11. The minimum atomic E-state index is -0.223. The summed E-state index contributed by atoms with van der Waals surface area (Å²) in [5.74, 6) is 0.126. The van der Waals surface area contributed by atoms with Gasteiger partial charge in [0.1, 0.15) is 0 Å². The molecule has 2 aromatic carbocycles. The van der Waals surface area contributed by atoms with Crippen LogP contribution in [0.15, 0.2) is 58.2 Å². The third-order valence-corrected chi connectivity index (χ3v) is 4.68. The van der Waals surface area contributed by atoms with Gasteiger partial charge in [-0.15, -0.1) is 10.2 Å². The Kier molecular flexibility index (Phi) is 6.33. The van der Waals surface area contributed by atoms with Gasteiger partial charge in [0, 0.05) is 35.9 Å². The number of carbonyl (C=O) groups is 2. The lowest BCUT2D eigenvalue weighted by atomic mass is 10.2. The maximum absolute atomic E-state index is 12.1. The van der Waals surface area contributed by atoms with Crippen LogP contribution in [0.1, 0.15) is 10.4 Å². The minimum absolute atomic E-state index is 0.0969. The molecule has 0 bridgehead atoms. The van der Waals surface area contributed by atoms with Crippen molar-refractivity contribution in [2.75, 3.05) is 25.2 Å². The van der Waals surface area contributed by atoms with E-state index in [9.17, 15) is 9.59 Å². The van der Waals surface area contributed by atoms with Crippen molar-refractivity contribution in [3.8, 4) is 11.5 Å². The molecule has 0 aliphatic heterocycles. The zero-order valence-corrected chi connectivity index (χ0v) is 16.8. The summed E-state index contributed by atoms with van der Waals surface area (Å²) in [5.41, 5.74) is 1.87. The van der Waals surface area contributed by atoms with Gasteiger partial charge in [-0.05, 0) is 42.5 Å². The van der Waals surface area contributed by atoms with Gasteiger partial charge >= 0.3 is 0 Å². The van der Waals surface area contributed by atoms with Gasteiger partial charge in [0.25, 0.3) is 11.1 Å². The summed E-state index contributed by atoms with van der Waals surface area (Å²) in [6, 6.07) is 13.8. The Labute approximate surface area is 171 Å². The van der Waals surface area contributed by atoms with Crippen LogP contribution in [0.5, 0.6) is 0 Å². The van der Waals surface area contributed by atoms with Crippen molar-refractivity contribution in [3.63, 3.8) is 0 Å². The Morgan fingerprint density at radius 1 is 1.14 bits per heavy atom. The molecule has 1 aromatic heterocycles. The van der Waals surface area contributed by atoms with E-state index in [4.69, 9.17) is 16.0 Å². The fourth-order valence-corrected chi connectivity index (χ4v) is 3.04. The Bertz CT molecular complexity index is 989. The molecular weight excluding hydrogens is 400 g/mol. The molecule has 0 unspecified atom stereocenters. The Hall–Kier alpha value is -2.84. The lowest BCUT2D eigenvalue weighted by molar-refractivity contribution is -0.113. The van der Waals surface area contributed by atoms with Crippen molar-refractivity contribution in [1.82, 2.24) is 15.1 Å². The van der Waals surface area contributed by atoms with Crippen LogP contribution in [0.2, 0.25) is 5.02 Å². The van der Waals surface area contributed by atoms with E-state index >= 15 is 0 Å². The number of hydrogen-bond acceptors (Lipinski definition) is 6. The first kappa shape index (κ1) is 19.9. The average molecular weight is 417 g/mol. The van der Waals surface area contributed by atoms with Crippen molar-refractivity contribution in [3.05, 3.63) is 59.1 Å². The SMILES string of the molecule is CN(C)C(=O)c1ccc(NC(=O)CSc2nnc(-c3cccc(Cl)c3)o2)cc1. The van der Waals surface area contributed by atoms with Gasteiger partial charge in [-0.3, -0.25) is 9.59 Å². The largest absolute Gasteiger partial charge is 0.411 e. The van der Waals surface area contributed by atoms with E-state index in [1.807, 2.05) is 6.07 Å². The summed E-state index contributed by atoms with van der Waals surface area (Å²) in [6.45, 7) is 0. The molecule has 0 spiro atoms. The molecule has 0 atom stereocenters. The summed E-state index contributed by atoms with van der Waals surface area (Å²) < 4.78 is 5.55. The fraction of sp³-hybridized carbons (Fsp3) is 0.158. The molecule has 0 radical (unpaired) electrons. The van der Waals surface area contributed by atoms with Crippen LogP contribution >= 0.6 is 23.4 Å². The number of aromatic nitrogens is 2. The van der Waals surface area contributed by atoms with Gasteiger partial charge in [0.15, 0.2) is 0 Å². The van der Waals surface area contributed by atoms with E-state index in [0.717, 1.165) is 11.8 Å². The van der Waals surface area contributed by atoms with Gasteiger partial charge in [0.2, 0.25) is 11.8 Å².